The number of hydrogen-bond donors (Lipinski definition) is 1. The monoisotopic (exact) mass is 476 g/mol. The highest BCUT2D eigenvalue weighted by molar-refractivity contribution is 5.98. The van der Waals surface area contributed by atoms with E-state index in [9.17, 15) is 19.5 Å². The van der Waals surface area contributed by atoms with Crippen LogP contribution in [0.15, 0.2) is 25.3 Å². The molecule has 3 aliphatic heterocycles. The van der Waals surface area contributed by atoms with Gasteiger partial charge in [-0.1, -0.05) is 32.1 Å². The molecule has 2 amide bonds. The molecule has 0 aromatic rings. The molecule has 1 spiro atoms. The number of amides is 2. The lowest BCUT2D eigenvalue weighted by atomic mass is 9.66. The number of rotatable bonds is 13. The van der Waals surface area contributed by atoms with Gasteiger partial charge < -0.3 is 24.4 Å². The zero-order valence-corrected chi connectivity index (χ0v) is 20.8. The molecule has 0 aromatic carbocycles. The van der Waals surface area contributed by atoms with Crippen LogP contribution in [0.2, 0.25) is 0 Å². The van der Waals surface area contributed by atoms with Gasteiger partial charge in [0.1, 0.15) is 24.2 Å². The van der Waals surface area contributed by atoms with Crippen molar-refractivity contribution in [3.8, 4) is 0 Å². The molecule has 190 valence electrons. The number of aliphatic hydroxyl groups is 1. The number of carbonyl (C=O) groups excluding carboxylic acids is 3. The lowest BCUT2D eigenvalue weighted by Crippen LogP contribution is -2.58. The van der Waals surface area contributed by atoms with Crippen LogP contribution in [-0.4, -0.2) is 82.3 Å². The molecule has 3 saturated heterocycles. The van der Waals surface area contributed by atoms with Crippen molar-refractivity contribution < 1.29 is 29.0 Å². The molecule has 0 radical (unpaired) electrons. The molecule has 3 fully saturated rings. The van der Waals surface area contributed by atoms with Crippen LogP contribution in [0.5, 0.6) is 0 Å². The van der Waals surface area contributed by atoms with Gasteiger partial charge in [-0.2, -0.15) is 0 Å². The molecule has 6 atom stereocenters. The molecule has 2 bridgehead atoms. The standard InChI is InChI=1S/C26H40N2O6/c1-6-11-18(4)27(14-7-2)23(31)21-26-13-12-25(5,34-26)20(24(32)33-17-8-3)19(26)22(30)28(21)15-9-10-16-29/h7-8,18-21,29H,2-3,6,9-17H2,1,4-5H3/t18?,19-,20+,21?,25-,26?/m0/s1. The van der Waals surface area contributed by atoms with Crippen molar-refractivity contribution >= 4 is 17.8 Å². The smallest absolute Gasteiger partial charge is 0.313 e. The van der Waals surface area contributed by atoms with E-state index in [0.717, 1.165) is 12.8 Å². The van der Waals surface area contributed by atoms with Gasteiger partial charge >= 0.3 is 5.97 Å². The average Bonchev–Trinajstić information content (AvgIpc) is 3.36. The number of ether oxygens (including phenoxy) is 2. The fraction of sp³-hybridized carbons (Fsp3) is 0.731. The summed E-state index contributed by atoms with van der Waals surface area (Å²) in [7, 11) is 0. The van der Waals surface area contributed by atoms with E-state index in [1.165, 1.54) is 6.08 Å². The molecule has 3 unspecified atom stereocenters. The highest BCUT2D eigenvalue weighted by atomic mass is 16.6. The van der Waals surface area contributed by atoms with Gasteiger partial charge in [0, 0.05) is 25.7 Å². The molecule has 34 heavy (non-hydrogen) atoms. The van der Waals surface area contributed by atoms with E-state index in [4.69, 9.17) is 9.47 Å². The number of unbranched alkanes of at least 4 members (excludes halogenated alkanes) is 1. The Balaban J connectivity index is 2.03. The van der Waals surface area contributed by atoms with Gasteiger partial charge in [-0.25, -0.2) is 0 Å². The second kappa shape index (κ2) is 10.6. The zero-order chi connectivity index (χ0) is 25.1. The Morgan fingerprint density at radius 3 is 2.68 bits per heavy atom. The van der Waals surface area contributed by atoms with E-state index in [1.807, 2.05) is 13.8 Å². The van der Waals surface area contributed by atoms with Crippen LogP contribution in [0, 0.1) is 11.8 Å². The van der Waals surface area contributed by atoms with Crippen molar-refractivity contribution in [3.63, 3.8) is 0 Å². The number of fused-ring (bicyclic) bond motifs is 1. The molecule has 8 heteroatoms. The number of nitrogens with zero attached hydrogens (tertiary/aromatic N) is 2. The summed E-state index contributed by atoms with van der Waals surface area (Å²) in [5.41, 5.74) is -1.92. The number of likely N-dealkylation sites (tertiary alicyclic amines) is 1. The average molecular weight is 477 g/mol. The van der Waals surface area contributed by atoms with Gasteiger partial charge in [0.25, 0.3) is 0 Å². The van der Waals surface area contributed by atoms with E-state index in [0.29, 0.717) is 38.8 Å². The largest absolute Gasteiger partial charge is 0.461 e. The number of aliphatic hydroxyl groups excluding tert-OH is 1. The first-order valence-corrected chi connectivity index (χ1v) is 12.5. The van der Waals surface area contributed by atoms with Crippen molar-refractivity contribution in [2.45, 2.75) is 82.6 Å². The van der Waals surface area contributed by atoms with Crippen molar-refractivity contribution in [1.29, 1.82) is 0 Å². The van der Waals surface area contributed by atoms with Gasteiger partial charge in [-0.15, -0.1) is 6.58 Å². The summed E-state index contributed by atoms with van der Waals surface area (Å²) in [5.74, 6) is -2.41. The molecule has 0 aliphatic carbocycles. The molecule has 3 rings (SSSR count). The van der Waals surface area contributed by atoms with E-state index < -0.39 is 35.0 Å². The minimum absolute atomic E-state index is 0.0103. The van der Waals surface area contributed by atoms with Gasteiger partial charge in [0.05, 0.1) is 11.5 Å². The van der Waals surface area contributed by atoms with Crippen molar-refractivity contribution in [3.05, 3.63) is 25.3 Å². The molecule has 3 aliphatic rings. The number of hydrogen-bond acceptors (Lipinski definition) is 6. The quantitative estimate of drug-likeness (QED) is 0.249. The topological polar surface area (TPSA) is 96.4 Å². The predicted molar refractivity (Wildman–Crippen MR) is 128 cm³/mol. The molecular weight excluding hydrogens is 436 g/mol. The third kappa shape index (κ3) is 4.31. The fourth-order valence-corrected chi connectivity index (χ4v) is 6.28. The van der Waals surface area contributed by atoms with Crippen molar-refractivity contribution in [2.75, 3.05) is 26.3 Å². The first kappa shape index (κ1) is 26.4. The molecule has 3 heterocycles. The van der Waals surface area contributed by atoms with Crippen LogP contribution in [0.25, 0.3) is 0 Å². The summed E-state index contributed by atoms with van der Waals surface area (Å²) < 4.78 is 12.0. The number of carbonyl (C=O) groups is 3. The third-order valence-electron chi connectivity index (χ3n) is 7.76. The predicted octanol–water partition coefficient (Wildman–Crippen LogP) is 2.46. The minimum Gasteiger partial charge on any atom is -0.461 e. The Bertz CT molecular complexity index is 815. The molecule has 0 saturated carbocycles. The lowest BCUT2D eigenvalue weighted by molar-refractivity contribution is -0.159. The first-order chi connectivity index (χ1) is 16.2. The van der Waals surface area contributed by atoms with Crippen LogP contribution < -0.4 is 0 Å². The Kier molecular flexibility index (Phi) is 8.24. The van der Waals surface area contributed by atoms with Crippen LogP contribution >= 0.6 is 0 Å². The Hall–Kier alpha value is -2.19. The Labute approximate surface area is 202 Å². The van der Waals surface area contributed by atoms with Gasteiger partial charge in [0.15, 0.2) is 0 Å². The summed E-state index contributed by atoms with van der Waals surface area (Å²) in [6.07, 6.45) is 7.14. The van der Waals surface area contributed by atoms with Crippen LogP contribution in [0.4, 0.5) is 0 Å². The second-order valence-electron chi connectivity index (χ2n) is 10.0. The Morgan fingerprint density at radius 2 is 2.06 bits per heavy atom. The molecule has 1 N–H and O–H groups in total. The van der Waals surface area contributed by atoms with Gasteiger partial charge in [0.2, 0.25) is 11.8 Å². The van der Waals surface area contributed by atoms with Gasteiger partial charge in [-0.3, -0.25) is 14.4 Å². The fourth-order valence-electron chi connectivity index (χ4n) is 6.28. The maximum Gasteiger partial charge on any atom is 0.313 e. The van der Waals surface area contributed by atoms with Crippen LogP contribution in [-0.2, 0) is 23.9 Å². The summed E-state index contributed by atoms with van der Waals surface area (Å²) in [5, 5.41) is 9.28. The SMILES string of the molecule is C=CCOC(=O)[C@H]1[C@H]2C(=O)N(CCCCO)C(C(=O)N(CC=C)C(C)CCC)C23CC[C@]1(C)O3. The highest BCUT2D eigenvalue weighted by Gasteiger charge is 2.78. The minimum atomic E-state index is -1.06. The summed E-state index contributed by atoms with van der Waals surface area (Å²) >= 11 is 0. The van der Waals surface area contributed by atoms with Crippen LogP contribution in [0.1, 0.15) is 59.3 Å². The first-order valence-electron chi connectivity index (χ1n) is 12.5. The molecule has 0 aromatic heterocycles. The van der Waals surface area contributed by atoms with E-state index in [2.05, 4.69) is 20.1 Å². The van der Waals surface area contributed by atoms with E-state index in [1.54, 1.807) is 15.9 Å². The number of esters is 1. The van der Waals surface area contributed by atoms with Crippen LogP contribution in [0.3, 0.4) is 0 Å². The molecule has 8 nitrogen and oxygen atoms in total. The maximum absolute atomic E-state index is 14.1. The summed E-state index contributed by atoms with van der Waals surface area (Å²) in [4.78, 5) is 44.5. The van der Waals surface area contributed by atoms with E-state index >= 15 is 0 Å². The van der Waals surface area contributed by atoms with Gasteiger partial charge in [-0.05, 0) is 46.0 Å². The second-order valence-corrected chi connectivity index (χ2v) is 10.0. The van der Waals surface area contributed by atoms with Crippen molar-refractivity contribution in [2.24, 2.45) is 11.8 Å². The molecular formula is C26H40N2O6. The lowest BCUT2D eigenvalue weighted by Gasteiger charge is -2.39. The van der Waals surface area contributed by atoms with E-state index in [-0.39, 0.29) is 31.1 Å². The third-order valence-corrected chi connectivity index (χ3v) is 7.76. The Morgan fingerprint density at radius 1 is 1.32 bits per heavy atom. The zero-order valence-electron chi connectivity index (χ0n) is 20.8. The van der Waals surface area contributed by atoms with Crippen molar-refractivity contribution in [1.82, 2.24) is 9.80 Å². The normalized spacial score (nSPS) is 32.4. The maximum atomic E-state index is 14.1. The summed E-state index contributed by atoms with van der Waals surface area (Å²) in [6, 6.07) is -0.843. The summed E-state index contributed by atoms with van der Waals surface area (Å²) in [6.45, 7) is 14.1. The highest BCUT2D eigenvalue weighted by Crippen LogP contribution is 2.63.